The lowest BCUT2D eigenvalue weighted by atomic mass is 9.81. The largest absolute Gasteiger partial charge is 0.292 e. The summed E-state index contributed by atoms with van der Waals surface area (Å²) in [5.41, 5.74) is 3.01. The summed E-state index contributed by atoms with van der Waals surface area (Å²) in [6, 6.07) is 28.4. The fraction of sp³-hybridized carbons (Fsp3) is 0.120. The molecule has 142 valence electrons. The van der Waals surface area contributed by atoms with Crippen molar-refractivity contribution in [3.63, 3.8) is 0 Å². The van der Waals surface area contributed by atoms with Gasteiger partial charge in [-0.05, 0) is 36.8 Å². The summed E-state index contributed by atoms with van der Waals surface area (Å²) in [5.74, 6) is 0.0190. The Morgan fingerprint density at radius 1 is 0.897 bits per heavy atom. The summed E-state index contributed by atoms with van der Waals surface area (Å²) in [4.78, 5) is 20.5. The fourth-order valence-electron chi connectivity index (χ4n) is 4.06. The third-order valence-corrected chi connectivity index (χ3v) is 6.73. The number of thiazole rings is 1. The van der Waals surface area contributed by atoms with E-state index in [0.717, 1.165) is 32.0 Å². The number of aromatic nitrogens is 1. The second-order valence-corrected chi connectivity index (χ2v) is 8.31. The molecule has 0 spiro atoms. The highest BCUT2D eigenvalue weighted by atomic mass is 32.1. The van der Waals surface area contributed by atoms with E-state index in [1.165, 1.54) is 0 Å². The number of para-hydroxylation sites is 2. The van der Waals surface area contributed by atoms with E-state index < -0.39 is 5.54 Å². The maximum absolute atomic E-state index is 13.5. The number of fused-ring (bicyclic) bond motifs is 1. The fourth-order valence-corrected chi connectivity index (χ4v) is 5.24. The molecule has 3 aromatic carbocycles. The molecule has 2 heterocycles. The molecule has 1 unspecified atom stereocenters. The summed E-state index contributed by atoms with van der Waals surface area (Å²) in [7, 11) is 0. The van der Waals surface area contributed by atoms with Gasteiger partial charge in [-0.2, -0.15) is 0 Å². The van der Waals surface area contributed by atoms with Crippen LogP contribution >= 0.6 is 11.3 Å². The van der Waals surface area contributed by atoms with Crippen molar-refractivity contribution in [1.29, 1.82) is 0 Å². The lowest BCUT2D eigenvalue weighted by Gasteiger charge is -2.45. The van der Waals surface area contributed by atoms with Crippen LogP contribution in [0.2, 0.25) is 0 Å². The molecule has 0 fully saturated rings. The molecule has 3 nitrogen and oxygen atoms in total. The molecule has 1 aromatic heterocycles. The van der Waals surface area contributed by atoms with Gasteiger partial charge in [0.15, 0.2) is 0 Å². The average molecular weight is 397 g/mol. The van der Waals surface area contributed by atoms with Crippen molar-refractivity contribution < 1.29 is 4.79 Å². The maximum Gasteiger partial charge on any atom is 0.254 e. The number of hydrogen-bond acceptors (Lipinski definition) is 3. The van der Waals surface area contributed by atoms with E-state index in [9.17, 15) is 4.79 Å². The first kappa shape index (κ1) is 17.8. The number of hydrogen-bond donors (Lipinski definition) is 0. The lowest BCUT2D eigenvalue weighted by molar-refractivity contribution is -0.116. The number of carbonyl (C=O) groups is 1. The van der Waals surface area contributed by atoms with E-state index in [2.05, 4.69) is 24.3 Å². The van der Waals surface area contributed by atoms with Crippen LogP contribution in [0.1, 0.15) is 23.9 Å². The third kappa shape index (κ3) is 2.79. The van der Waals surface area contributed by atoms with Gasteiger partial charge in [-0.1, -0.05) is 66.7 Å². The minimum Gasteiger partial charge on any atom is -0.292 e. The van der Waals surface area contributed by atoms with Crippen LogP contribution in [0.3, 0.4) is 0 Å². The van der Waals surface area contributed by atoms with Crippen LogP contribution in [0.15, 0.2) is 96.6 Å². The average Bonchev–Trinajstić information content (AvgIpc) is 3.21. The molecular formula is C25H20N2OS. The van der Waals surface area contributed by atoms with Crippen LogP contribution in [-0.4, -0.2) is 10.9 Å². The van der Waals surface area contributed by atoms with Gasteiger partial charge in [0.1, 0.15) is 10.5 Å². The van der Waals surface area contributed by atoms with Crippen molar-refractivity contribution in [3.8, 4) is 0 Å². The van der Waals surface area contributed by atoms with Crippen LogP contribution in [-0.2, 0) is 10.3 Å². The van der Waals surface area contributed by atoms with Crippen molar-refractivity contribution in [3.05, 3.63) is 107 Å². The van der Waals surface area contributed by atoms with Gasteiger partial charge in [-0.15, -0.1) is 11.3 Å². The molecule has 1 atom stereocenters. The predicted molar refractivity (Wildman–Crippen MR) is 119 cm³/mol. The second kappa shape index (κ2) is 6.98. The Morgan fingerprint density at radius 2 is 1.55 bits per heavy atom. The van der Waals surface area contributed by atoms with Gasteiger partial charge in [0.05, 0.1) is 10.2 Å². The standard InChI is InChI=1S/C25H20N2OS/c1-18-16-17-25(19-10-4-2-5-11-19,24-26-21-14-8-9-15-22(21)29-24)27(23(18)28)20-12-6-3-7-13-20/h2-16H,17H2,1H3. The minimum atomic E-state index is -0.678. The minimum absolute atomic E-state index is 0.0190. The molecule has 5 rings (SSSR count). The highest BCUT2D eigenvalue weighted by Crippen LogP contribution is 2.47. The quantitative estimate of drug-likeness (QED) is 0.430. The highest BCUT2D eigenvalue weighted by Gasteiger charge is 2.48. The molecule has 0 saturated carbocycles. The van der Waals surface area contributed by atoms with E-state index in [1.807, 2.05) is 78.6 Å². The van der Waals surface area contributed by atoms with Gasteiger partial charge in [0, 0.05) is 17.7 Å². The molecule has 0 N–H and O–H groups in total. The number of rotatable bonds is 3. The first-order chi connectivity index (χ1) is 14.2. The summed E-state index contributed by atoms with van der Waals surface area (Å²) in [5, 5.41) is 0.936. The van der Waals surface area contributed by atoms with Crippen LogP contribution in [0.25, 0.3) is 10.2 Å². The van der Waals surface area contributed by atoms with Crippen molar-refractivity contribution >= 4 is 33.1 Å². The Labute approximate surface area is 174 Å². The predicted octanol–water partition coefficient (Wildman–Crippen LogP) is 5.92. The molecule has 4 aromatic rings. The monoisotopic (exact) mass is 396 g/mol. The van der Waals surface area contributed by atoms with Gasteiger partial charge < -0.3 is 0 Å². The van der Waals surface area contributed by atoms with Crippen molar-refractivity contribution in [2.45, 2.75) is 18.9 Å². The van der Waals surface area contributed by atoms with Gasteiger partial charge >= 0.3 is 0 Å². The molecule has 0 bridgehead atoms. The number of benzene rings is 3. The smallest absolute Gasteiger partial charge is 0.254 e. The molecule has 1 aliphatic heterocycles. The Hall–Kier alpha value is -3.24. The van der Waals surface area contributed by atoms with Gasteiger partial charge in [-0.3, -0.25) is 9.69 Å². The summed E-state index contributed by atoms with van der Waals surface area (Å²) in [6.45, 7) is 1.89. The molecule has 0 saturated heterocycles. The number of amides is 1. The number of carbonyl (C=O) groups excluding carboxylic acids is 1. The normalized spacial score (nSPS) is 19.4. The number of nitrogens with zero attached hydrogens (tertiary/aromatic N) is 2. The van der Waals surface area contributed by atoms with Crippen molar-refractivity contribution in [1.82, 2.24) is 4.98 Å². The maximum atomic E-state index is 13.5. The van der Waals surface area contributed by atoms with Crippen LogP contribution < -0.4 is 4.90 Å². The van der Waals surface area contributed by atoms with Crippen LogP contribution in [0, 0.1) is 0 Å². The zero-order chi connectivity index (χ0) is 19.8. The van der Waals surface area contributed by atoms with Crippen molar-refractivity contribution in [2.75, 3.05) is 4.90 Å². The van der Waals surface area contributed by atoms with E-state index in [-0.39, 0.29) is 5.91 Å². The van der Waals surface area contributed by atoms with Gasteiger partial charge in [-0.25, -0.2) is 4.98 Å². The molecule has 1 aliphatic rings. The Bertz CT molecular complexity index is 1180. The van der Waals surface area contributed by atoms with Crippen molar-refractivity contribution in [2.24, 2.45) is 0 Å². The Kier molecular flexibility index (Phi) is 4.29. The van der Waals surface area contributed by atoms with E-state index >= 15 is 0 Å². The van der Waals surface area contributed by atoms with Crippen LogP contribution in [0.5, 0.6) is 0 Å². The molecule has 0 aliphatic carbocycles. The molecule has 4 heteroatoms. The topological polar surface area (TPSA) is 33.2 Å². The zero-order valence-electron chi connectivity index (χ0n) is 16.1. The van der Waals surface area contributed by atoms with Crippen LogP contribution in [0.4, 0.5) is 5.69 Å². The third-order valence-electron chi connectivity index (χ3n) is 5.54. The summed E-state index contributed by atoms with van der Waals surface area (Å²) < 4.78 is 1.13. The van der Waals surface area contributed by atoms with E-state index in [1.54, 1.807) is 11.3 Å². The first-order valence-corrected chi connectivity index (χ1v) is 10.5. The highest BCUT2D eigenvalue weighted by molar-refractivity contribution is 7.18. The molecule has 29 heavy (non-hydrogen) atoms. The summed E-state index contributed by atoms with van der Waals surface area (Å²) >= 11 is 1.66. The molecular weight excluding hydrogens is 376 g/mol. The van der Waals surface area contributed by atoms with Gasteiger partial charge in [0.2, 0.25) is 0 Å². The van der Waals surface area contributed by atoms with Gasteiger partial charge in [0.25, 0.3) is 5.91 Å². The molecule has 1 amide bonds. The van der Waals surface area contributed by atoms with E-state index in [0.29, 0.717) is 6.42 Å². The Morgan fingerprint density at radius 3 is 2.28 bits per heavy atom. The second-order valence-electron chi connectivity index (χ2n) is 7.28. The lowest BCUT2D eigenvalue weighted by Crippen LogP contribution is -2.53. The Balaban J connectivity index is 1.84. The summed E-state index contributed by atoms with van der Waals surface area (Å²) in [6.07, 6.45) is 2.74. The first-order valence-electron chi connectivity index (χ1n) is 9.68. The zero-order valence-corrected chi connectivity index (χ0v) is 16.9. The van der Waals surface area contributed by atoms with E-state index in [4.69, 9.17) is 4.98 Å². The molecule has 0 radical (unpaired) electrons. The number of anilines is 1. The SMILES string of the molecule is CC1=CCC(c2ccccc2)(c2nc3ccccc3s2)N(c2ccccc2)C1=O.